The first-order chi connectivity index (χ1) is 9.95. The molecule has 4 heteroatoms. The van der Waals surface area contributed by atoms with E-state index >= 15 is 0 Å². The maximum atomic E-state index is 5.88. The fraction of sp³-hybridized carbons (Fsp3) is 0.353. The van der Waals surface area contributed by atoms with Crippen molar-refractivity contribution in [2.45, 2.75) is 27.7 Å². The summed E-state index contributed by atoms with van der Waals surface area (Å²) in [5.41, 5.74) is 8.60. The van der Waals surface area contributed by atoms with Crippen molar-refractivity contribution < 1.29 is 9.47 Å². The molecule has 0 spiro atoms. The van der Waals surface area contributed by atoms with Crippen LogP contribution >= 0.6 is 0 Å². The van der Waals surface area contributed by atoms with E-state index in [1.807, 2.05) is 26.0 Å². The van der Waals surface area contributed by atoms with Gasteiger partial charge in [0.05, 0.1) is 12.3 Å². The summed E-state index contributed by atoms with van der Waals surface area (Å²) in [6, 6.07) is 9.57. The highest BCUT2D eigenvalue weighted by atomic mass is 16.5. The molecule has 0 aliphatic rings. The second kappa shape index (κ2) is 6.48. The van der Waals surface area contributed by atoms with Crippen molar-refractivity contribution >= 4 is 5.69 Å². The molecule has 0 radical (unpaired) electrons. The summed E-state index contributed by atoms with van der Waals surface area (Å²) in [5, 5.41) is 0. The summed E-state index contributed by atoms with van der Waals surface area (Å²) >= 11 is 0. The van der Waals surface area contributed by atoms with Gasteiger partial charge in [0.2, 0.25) is 11.8 Å². The Labute approximate surface area is 125 Å². The lowest BCUT2D eigenvalue weighted by molar-refractivity contribution is 0.260. The summed E-state index contributed by atoms with van der Waals surface area (Å²) < 4.78 is 11.5. The number of nitrogens with zero attached hydrogens (tertiary/aromatic N) is 1. The number of aryl methyl sites for hydroxylation is 2. The fourth-order valence-electron chi connectivity index (χ4n) is 1.78. The SMILES string of the molecule is Cc1ccc(C)c(Oc2ccc(N)c(OCC(C)C)n2)c1. The molecule has 0 saturated carbocycles. The number of hydrogen-bond donors (Lipinski definition) is 1. The molecule has 2 rings (SSSR count). The standard InChI is InChI=1S/C17H22N2O2/c1-11(2)10-20-17-14(18)7-8-16(19-17)21-15-9-12(3)5-6-13(15)4/h5-9,11H,10,18H2,1-4H3. The number of aromatic nitrogens is 1. The van der Waals surface area contributed by atoms with Crippen LogP contribution in [-0.2, 0) is 0 Å². The summed E-state index contributed by atoms with van der Waals surface area (Å²) in [5.74, 6) is 2.11. The third kappa shape index (κ3) is 4.12. The molecular formula is C17H22N2O2. The predicted octanol–water partition coefficient (Wildman–Crippen LogP) is 4.11. The van der Waals surface area contributed by atoms with E-state index < -0.39 is 0 Å². The summed E-state index contributed by atoms with van der Waals surface area (Å²) in [7, 11) is 0. The van der Waals surface area contributed by atoms with Gasteiger partial charge in [0, 0.05) is 6.07 Å². The second-order valence-corrected chi connectivity index (χ2v) is 5.62. The van der Waals surface area contributed by atoms with Crippen LogP contribution in [0.1, 0.15) is 25.0 Å². The Morgan fingerprint density at radius 3 is 2.62 bits per heavy atom. The number of rotatable bonds is 5. The van der Waals surface area contributed by atoms with Gasteiger partial charge >= 0.3 is 0 Å². The van der Waals surface area contributed by atoms with Crippen LogP contribution in [0, 0.1) is 19.8 Å². The van der Waals surface area contributed by atoms with Crippen molar-refractivity contribution in [3.8, 4) is 17.5 Å². The highest BCUT2D eigenvalue weighted by molar-refractivity contribution is 5.50. The van der Waals surface area contributed by atoms with E-state index in [9.17, 15) is 0 Å². The van der Waals surface area contributed by atoms with Gasteiger partial charge in [-0.1, -0.05) is 26.0 Å². The van der Waals surface area contributed by atoms with Gasteiger partial charge in [-0.15, -0.1) is 0 Å². The molecule has 0 unspecified atom stereocenters. The van der Waals surface area contributed by atoms with E-state index in [2.05, 4.69) is 24.9 Å². The smallest absolute Gasteiger partial charge is 0.240 e. The van der Waals surface area contributed by atoms with E-state index in [4.69, 9.17) is 15.2 Å². The number of hydrogen-bond acceptors (Lipinski definition) is 4. The van der Waals surface area contributed by atoms with Crippen LogP contribution in [-0.4, -0.2) is 11.6 Å². The predicted molar refractivity (Wildman–Crippen MR) is 85.0 cm³/mol. The number of nitrogen functional groups attached to an aromatic ring is 1. The maximum Gasteiger partial charge on any atom is 0.240 e. The van der Waals surface area contributed by atoms with Crippen molar-refractivity contribution in [1.82, 2.24) is 4.98 Å². The zero-order valence-corrected chi connectivity index (χ0v) is 13.0. The van der Waals surface area contributed by atoms with Crippen molar-refractivity contribution in [2.24, 2.45) is 5.92 Å². The molecule has 0 bridgehead atoms. The van der Waals surface area contributed by atoms with Crippen molar-refractivity contribution in [1.29, 1.82) is 0 Å². The topological polar surface area (TPSA) is 57.4 Å². The first kappa shape index (κ1) is 15.2. The Bertz CT molecular complexity index is 624. The molecule has 1 aromatic carbocycles. The lowest BCUT2D eigenvalue weighted by Crippen LogP contribution is -2.07. The molecule has 0 fully saturated rings. The average molecular weight is 286 g/mol. The maximum absolute atomic E-state index is 5.88. The van der Waals surface area contributed by atoms with E-state index in [0.717, 1.165) is 16.9 Å². The molecule has 0 atom stereocenters. The number of anilines is 1. The molecule has 0 saturated heterocycles. The summed E-state index contributed by atoms with van der Waals surface area (Å²) in [4.78, 5) is 4.34. The van der Waals surface area contributed by atoms with E-state index in [0.29, 0.717) is 30.0 Å². The Morgan fingerprint density at radius 2 is 1.90 bits per heavy atom. The zero-order chi connectivity index (χ0) is 15.4. The van der Waals surface area contributed by atoms with Crippen LogP contribution in [0.2, 0.25) is 0 Å². The van der Waals surface area contributed by atoms with Crippen LogP contribution in [0.3, 0.4) is 0 Å². The minimum absolute atomic E-state index is 0.412. The molecule has 1 heterocycles. The molecule has 2 N–H and O–H groups in total. The third-order valence-electron chi connectivity index (χ3n) is 2.98. The lowest BCUT2D eigenvalue weighted by atomic mass is 10.1. The minimum atomic E-state index is 0.412. The molecule has 0 aliphatic heterocycles. The molecule has 0 amide bonds. The van der Waals surface area contributed by atoms with Gasteiger partial charge in [-0.25, -0.2) is 0 Å². The molecule has 21 heavy (non-hydrogen) atoms. The molecule has 0 aliphatic carbocycles. The van der Waals surface area contributed by atoms with Crippen LogP contribution in [0.25, 0.3) is 0 Å². The van der Waals surface area contributed by atoms with E-state index in [1.54, 1.807) is 12.1 Å². The van der Waals surface area contributed by atoms with E-state index in [-0.39, 0.29) is 0 Å². The Hall–Kier alpha value is -2.23. The van der Waals surface area contributed by atoms with Gasteiger partial charge in [0.1, 0.15) is 5.75 Å². The Kier molecular flexibility index (Phi) is 4.68. The van der Waals surface area contributed by atoms with Crippen molar-refractivity contribution in [3.05, 3.63) is 41.5 Å². The second-order valence-electron chi connectivity index (χ2n) is 5.62. The zero-order valence-electron chi connectivity index (χ0n) is 13.0. The van der Waals surface area contributed by atoms with Crippen LogP contribution in [0.5, 0.6) is 17.5 Å². The minimum Gasteiger partial charge on any atom is -0.476 e. The third-order valence-corrected chi connectivity index (χ3v) is 2.98. The van der Waals surface area contributed by atoms with Crippen LogP contribution < -0.4 is 15.2 Å². The monoisotopic (exact) mass is 286 g/mol. The first-order valence-corrected chi connectivity index (χ1v) is 7.10. The molecule has 112 valence electrons. The van der Waals surface area contributed by atoms with Gasteiger partial charge in [-0.2, -0.15) is 4.98 Å². The Morgan fingerprint density at radius 1 is 1.14 bits per heavy atom. The number of benzene rings is 1. The van der Waals surface area contributed by atoms with Crippen molar-refractivity contribution in [2.75, 3.05) is 12.3 Å². The van der Waals surface area contributed by atoms with Gasteiger partial charge in [-0.05, 0) is 43.0 Å². The number of ether oxygens (including phenoxy) is 2. The number of pyridine rings is 1. The highest BCUT2D eigenvalue weighted by Crippen LogP contribution is 2.28. The molecule has 1 aromatic heterocycles. The van der Waals surface area contributed by atoms with Gasteiger partial charge in [0.15, 0.2) is 0 Å². The first-order valence-electron chi connectivity index (χ1n) is 7.10. The van der Waals surface area contributed by atoms with Crippen molar-refractivity contribution in [3.63, 3.8) is 0 Å². The molecule has 2 aromatic rings. The van der Waals surface area contributed by atoms with E-state index in [1.165, 1.54) is 0 Å². The highest BCUT2D eigenvalue weighted by Gasteiger charge is 2.08. The summed E-state index contributed by atoms with van der Waals surface area (Å²) in [6.45, 7) is 8.76. The van der Waals surface area contributed by atoms with Gasteiger partial charge in [-0.3, -0.25) is 0 Å². The average Bonchev–Trinajstić information content (AvgIpc) is 2.43. The van der Waals surface area contributed by atoms with Crippen LogP contribution in [0.15, 0.2) is 30.3 Å². The largest absolute Gasteiger partial charge is 0.476 e. The summed E-state index contributed by atoms with van der Waals surface area (Å²) in [6.07, 6.45) is 0. The lowest BCUT2D eigenvalue weighted by Gasteiger charge is -2.13. The quantitative estimate of drug-likeness (QED) is 0.898. The van der Waals surface area contributed by atoms with Crippen LogP contribution in [0.4, 0.5) is 5.69 Å². The van der Waals surface area contributed by atoms with Gasteiger partial charge in [0.25, 0.3) is 0 Å². The normalized spacial score (nSPS) is 10.7. The van der Waals surface area contributed by atoms with Gasteiger partial charge < -0.3 is 15.2 Å². The molecular weight excluding hydrogens is 264 g/mol. The number of nitrogens with two attached hydrogens (primary N) is 1. The molecule has 4 nitrogen and oxygen atoms in total. The Balaban J connectivity index is 2.20. The fourth-order valence-corrected chi connectivity index (χ4v) is 1.78.